The maximum Gasteiger partial charge on any atom is 0.153 e. The van der Waals surface area contributed by atoms with Gasteiger partial charge in [-0.3, -0.25) is 0 Å². The van der Waals surface area contributed by atoms with Crippen molar-refractivity contribution in [1.82, 2.24) is 9.55 Å². The summed E-state index contributed by atoms with van der Waals surface area (Å²) in [4.78, 5) is 4.88. The molecule has 0 bridgehead atoms. The van der Waals surface area contributed by atoms with Crippen LogP contribution in [0.15, 0.2) is 60.7 Å². The molecule has 0 N–H and O–H groups in total. The topological polar surface area (TPSA) is 36.3 Å². The molecule has 0 aliphatic heterocycles. The molecule has 0 spiro atoms. The highest BCUT2D eigenvalue weighted by Gasteiger charge is 2.18. The fourth-order valence-corrected chi connectivity index (χ4v) is 3.97. The fourth-order valence-electron chi connectivity index (χ4n) is 3.85. The second kappa shape index (κ2) is 9.66. The van der Waals surface area contributed by atoms with Crippen LogP contribution in [0.5, 0.6) is 11.5 Å². The summed E-state index contributed by atoms with van der Waals surface area (Å²) >= 11 is 6.16. The van der Waals surface area contributed by atoms with Crippen LogP contribution < -0.4 is 9.47 Å². The van der Waals surface area contributed by atoms with Crippen LogP contribution in [-0.2, 0) is 6.54 Å². The molecule has 1 heterocycles. The molecule has 0 aliphatic carbocycles. The van der Waals surface area contributed by atoms with Gasteiger partial charge in [-0.1, -0.05) is 35.9 Å². The van der Waals surface area contributed by atoms with Gasteiger partial charge in [0.05, 0.1) is 17.6 Å². The van der Waals surface area contributed by atoms with Crippen molar-refractivity contribution in [3.05, 3.63) is 88.2 Å². The quantitative estimate of drug-likeness (QED) is 0.267. The van der Waals surface area contributed by atoms with Gasteiger partial charge in [-0.15, -0.1) is 0 Å². The molecule has 3 aromatic carbocycles. The minimum absolute atomic E-state index is 0.206. The van der Waals surface area contributed by atoms with Gasteiger partial charge in [0.15, 0.2) is 11.9 Å². The molecule has 1 aromatic heterocycles. The number of para-hydroxylation sites is 2. The van der Waals surface area contributed by atoms with Crippen molar-refractivity contribution >= 4 is 22.6 Å². The number of nitrogens with zero attached hydrogens (tertiary/aromatic N) is 2. The molecule has 4 nitrogen and oxygen atoms in total. The van der Waals surface area contributed by atoms with Crippen LogP contribution in [0, 0.1) is 20.8 Å². The largest absolute Gasteiger partial charge is 0.493 e. The lowest BCUT2D eigenvalue weighted by Gasteiger charge is -2.17. The van der Waals surface area contributed by atoms with Gasteiger partial charge >= 0.3 is 0 Å². The molecule has 0 fully saturated rings. The molecule has 32 heavy (non-hydrogen) atoms. The van der Waals surface area contributed by atoms with Crippen LogP contribution >= 0.6 is 11.6 Å². The van der Waals surface area contributed by atoms with E-state index >= 15 is 0 Å². The van der Waals surface area contributed by atoms with Crippen molar-refractivity contribution in [3.63, 3.8) is 0 Å². The lowest BCUT2D eigenvalue weighted by molar-refractivity contribution is 0.209. The van der Waals surface area contributed by atoms with Crippen molar-refractivity contribution in [2.24, 2.45) is 0 Å². The number of halogens is 1. The molecule has 0 amide bonds. The van der Waals surface area contributed by atoms with E-state index in [9.17, 15) is 0 Å². The smallest absolute Gasteiger partial charge is 0.153 e. The summed E-state index contributed by atoms with van der Waals surface area (Å²) in [5.74, 6) is 2.65. The number of ether oxygens (including phenoxy) is 2. The zero-order chi connectivity index (χ0) is 22.7. The summed E-state index contributed by atoms with van der Waals surface area (Å²) in [5.41, 5.74) is 5.44. The molecular weight excluding hydrogens is 420 g/mol. The molecule has 0 radical (unpaired) electrons. The maximum atomic E-state index is 6.24. The highest BCUT2D eigenvalue weighted by molar-refractivity contribution is 6.31. The molecule has 5 heteroatoms. The Balaban J connectivity index is 1.50. The number of hydrogen-bond acceptors (Lipinski definition) is 3. The Bertz CT molecular complexity index is 1230. The normalized spacial score (nSPS) is 12.2. The summed E-state index contributed by atoms with van der Waals surface area (Å²) in [6, 6.07) is 20.2. The summed E-state index contributed by atoms with van der Waals surface area (Å²) in [6.45, 7) is 9.61. The highest BCUT2D eigenvalue weighted by atomic mass is 35.5. The number of imidazole rings is 1. The number of hydrogen-bond donors (Lipinski definition) is 0. The van der Waals surface area contributed by atoms with Crippen LogP contribution in [0.3, 0.4) is 0 Å². The molecule has 1 unspecified atom stereocenters. The van der Waals surface area contributed by atoms with E-state index in [0.717, 1.165) is 57.5 Å². The Morgan fingerprint density at radius 1 is 0.969 bits per heavy atom. The molecule has 0 saturated carbocycles. The van der Waals surface area contributed by atoms with E-state index in [2.05, 4.69) is 42.7 Å². The molecule has 166 valence electrons. The van der Waals surface area contributed by atoms with E-state index < -0.39 is 0 Å². The average Bonchev–Trinajstić information content (AvgIpc) is 3.15. The lowest BCUT2D eigenvalue weighted by atomic mass is 10.1. The third-order valence-corrected chi connectivity index (χ3v) is 6.04. The lowest BCUT2D eigenvalue weighted by Crippen LogP contribution is -2.13. The van der Waals surface area contributed by atoms with Gasteiger partial charge in [0.25, 0.3) is 0 Å². The van der Waals surface area contributed by atoms with Gasteiger partial charge in [0, 0.05) is 11.6 Å². The Labute approximate surface area is 194 Å². The van der Waals surface area contributed by atoms with Crippen molar-refractivity contribution in [2.75, 3.05) is 6.61 Å². The summed E-state index contributed by atoms with van der Waals surface area (Å²) in [6.07, 6.45) is 0.663. The fraction of sp³-hybridized carbons (Fsp3) is 0.296. The molecule has 4 aromatic rings. The van der Waals surface area contributed by atoms with Crippen molar-refractivity contribution in [1.29, 1.82) is 0 Å². The van der Waals surface area contributed by atoms with Gasteiger partial charge in [-0.2, -0.15) is 0 Å². The summed E-state index contributed by atoms with van der Waals surface area (Å²) < 4.78 is 14.6. The van der Waals surface area contributed by atoms with E-state index in [4.69, 9.17) is 26.1 Å². The standard InChI is InChI=1S/C27H29ClN2O2/c1-18-10-11-19(2)26(16-18)31-15-7-14-30-25-9-6-5-8-24(25)29-27(30)21(4)32-22-12-13-23(28)20(3)17-22/h5-6,8-13,16-17,21H,7,14-15H2,1-4H3. The van der Waals surface area contributed by atoms with E-state index in [1.807, 2.05) is 50.2 Å². The first kappa shape index (κ1) is 22.2. The number of aromatic nitrogens is 2. The SMILES string of the molecule is Cc1ccc(C)c(OCCCn2c(C(C)Oc3ccc(Cl)c(C)c3)nc3ccccc32)c1. The predicted octanol–water partition coefficient (Wildman–Crippen LogP) is 7.22. The zero-order valence-corrected chi connectivity index (χ0v) is 19.8. The van der Waals surface area contributed by atoms with Crippen LogP contribution in [0.25, 0.3) is 11.0 Å². The molecule has 1 atom stereocenters. The predicted molar refractivity (Wildman–Crippen MR) is 131 cm³/mol. The molecule has 0 aliphatic rings. The second-order valence-corrected chi connectivity index (χ2v) is 8.66. The van der Waals surface area contributed by atoms with Crippen LogP contribution in [0.2, 0.25) is 5.02 Å². The minimum Gasteiger partial charge on any atom is -0.493 e. The monoisotopic (exact) mass is 448 g/mol. The van der Waals surface area contributed by atoms with Crippen molar-refractivity contribution in [2.45, 2.75) is 46.8 Å². The van der Waals surface area contributed by atoms with E-state index in [1.54, 1.807) is 0 Å². The average molecular weight is 449 g/mol. The maximum absolute atomic E-state index is 6.24. The summed E-state index contributed by atoms with van der Waals surface area (Å²) in [7, 11) is 0. The third-order valence-electron chi connectivity index (χ3n) is 5.62. The van der Waals surface area contributed by atoms with Crippen LogP contribution in [0.4, 0.5) is 0 Å². The Morgan fingerprint density at radius 2 is 1.78 bits per heavy atom. The number of fused-ring (bicyclic) bond motifs is 1. The van der Waals surface area contributed by atoms with E-state index in [-0.39, 0.29) is 6.10 Å². The number of benzene rings is 3. The van der Waals surface area contributed by atoms with E-state index in [0.29, 0.717) is 6.61 Å². The Kier molecular flexibility index (Phi) is 6.71. The number of aryl methyl sites for hydroxylation is 4. The minimum atomic E-state index is -0.206. The van der Waals surface area contributed by atoms with Crippen molar-refractivity contribution < 1.29 is 9.47 Å². The Morgan fingerprint density at radius 3 is 2.59 bits per heavy atom. The first-order chi connectivity index (χ1) is 15.4. The van der Waals surface area contributed by atoms with Gasteiger partial charge in [0.2, 0.25) is 0 Å². The molecule has 4 rings (SSSR count). The van der Waals surface area contributed by atoms with Crippen LogP contribution in [-0.4, -0.2) is 16.2 Å². The second-order valence-electron chi connectivity index (χ2n) is 8.25. The summed E-state index contributed by atoms with van der Waals surface area (Å²) in [5, 5.41) is 0.737. The zero-order valence-electron chi connectivity index (χ0n) is 19.1. The van der Waals surface area contributed by atoms with Gasteiger partial charge in [0.1, 0.15) is 11.5 Å². The third kappa shape index (κ3) is 4.91. The van der Waals surface area contributed by atoms with Gasteiger partial charge in [-0.05, 0) is 87.2 Å². The molecular formula is C27H29ClN2O2. The van der Waals surface area contributed by atoms with Crippen LogP contribution in [0.1, 0.15) is 42.0 Å². The molecule has 0 saturated heterocycles. The Hall–Kier alpha value is -2.98. The van der Waals surface area contributed by atoms with E-state index in [1.165, 1.54) is 5.56 Å². The van der Waals surface area contributed by atoms with Gasteiger partial charge in [-0.25, -0.2) is 4.98 Å². The first-order valence-corrected chi connectivity index (χ1v) is 11.4. The van der Waals surface area contributed by atoms with Gasteiger partial charge < -0.3 is 14.0 Å². The van der Waals surface area contributed by atoms with Crippen molar-refractivity contribution in [3.8, 4) is 11.5 Å². The highest BCUT2D eigenvalue weighted by Crippen LogP contribution is 2.28. The first-order valence-electron chi connectivity index (χ1n) is 11.0. The number of rotatable bonds is 8.